The summed E-state index contributed by atoms with van der Waals surface area (Å²) < 4.78 is 38.6. The number of anilines is 2. The van der Waals surface area contributed by atoms with Crippen molar-refractivity contribution in [2.45, 2.75) is 51.7 Å². The molecular formula is C14H21F3N4. The highest BCUT2D eigenvalue weighted by atomic mass is 19.4. The summed E-state index contributed by atoms with van der Waals surface area (Å²) in [5, 5.41) is 5.84. The Labute approximate surface area is 122 Å². The molecular weight excluding hydrogens is 281 g/mol. The minimum Gasteiger partial charge on any atom is -0.367 e. The average molecular weight is 302 g/mol. The number of rotatable bonds is 5. The van der Waals surface area contributed by atoms with E-state index in [1.165, 1.54) is 12.8 Å². The minimum absolute atomic E-state index is 0.00782. The van der Waals surface area contributed by atoms with E-state index in [9.17, 15) is 13.2 Å². The fourth-order valence-corrected chi connectivity index (χ4v) is 2.71. The SMILES string of the molecule is CCNc1nc(NC(C)C2CCCC2)cc(C(F)(F)F)n1. The molecule has 0 spiro atoms. The largest absolute Gasteiger partial charge is 0.433 e. The number of halogens is 3. The fourth-order valence-electron chi connectivity index (χ4n) is 2.71. The number of nitrogens with one attached hydrogen (secondary N) is 2. The molecule has 4 nitrogen and oxygen atoms in total. The third-order valence-corrected chi connectivity index (χ3v) is 3.83. The molecule has 0 bridgehead atoms. The monoisotopic (exact) mass is 302 g/mol. The molecule has 1 saturated carbocycles. The van der Waals surface area contributed by atoms with Crippen LogP contribution >= 0.6 is 0 Å². The molecule has 0 radical (unpaired) electrons. The van der Waals surface area contributed by atoms with Crippen molar-refractivity contribution in [3.8, 4) is 0 Å². The molecule has 1 fully saturated rings. The van der Waals surface area contributed by atoms with Gasteiger partial charge in [-0.25, -0.2) is 4.98 Å². The molecule has 1 aliphatic carbocycles. The van der Waals surface area contributed by atoms with Gasteiger partial charge in [0.25, 0.3) is 0 Å². The lowest BCUT2D eigenvalue weighted by molar-refractivity contribution is -0.141. The predicted molar refractivity (Wildman–Crippen MR) is 76.2 cm³/mol. The smallest absolute Gasteiger partial charge is 0.367 e. The molecule has 1 aliphatic rings. The highest BCUT2D eigenvalue weighted by Crippen LogP contribution is 2.32. The molecule has 2 rings (SSSR count). The third-order valence-electron chi connectivity index (χ3n) is 3.83. The highest BCUT2D eigenvalue weighted by Gasteiger charge is 2.34. The van der Waals surface area contributed by atoms with E-state index in [0.29, 0.717) is 12.5 Å². The Hall–Kier alpha value is -1.53. The van der Waals surface area contributed by atoms with Crippen molar-refractivity contribution in [3.05, 3.63) is 11.8 Å². The van der Waals surface area contributed by atoms with Gasteiger partial charge in [-0.1, -0.05) is 12.8 Å². The van der Waals surface area contributed by atoms with Crippen LogP contribution in [0, 0.1) is 5.92 Å². The zero-order valence-corrected chi connectivity index (χ0v) is 12.3. The Morgan fingerprint density at radius 3 is 2.52 bits per heavy atom. The van der Waals surface area contributed by atoms with Crippen LogP contribution in [0.1, 0.15) is 45.2 Å². The first-order valence-electron chi connectivity index (χ1n) is 7.37. The molecule has 0 aromatic carbocycles. The van der Waals surface area contributed by atoms with Gasteiger partial charge in [0.1, 0.15) is 5.82 Å². The van der Waals surface area contributed by atoms with Crippen molar-refractivity contribution < 1.29 is 13.2 Å². The molecule has 1 heterocycles. The van der Waals surface area contributed by atoms with Gasteiger partial charge in [0, 0.05) is 18.7 Å². The lowest BCUT2D eigenvalue weighted by Crippen LogP contribution is -2.25. The third kappa shape index (κ3) is 4.22. The van der Waals surface area contributed by atoms with Gasteiger partial charge in [0.2, 0.25) is 5.95 Å². The number of aromatic nitrogens is 2. The quantitative estimate of drug-likeness (QED) is 0.865. The second-order valence-electron chi connectivity index (χ2n) is 5.47. The predicted octanol–water partition coefficient (Wildman–Crippen LogP) is 3.92. The lowest BCUT2D eigenvalue weighted by Gasteiger charge is -2.21. The zero-order valence-electron chi connectivity index (χ0n) is 12.3. The molecule has 7 heteroatoms. The van der Waals surface area contributed by atoms with E-state index in [2.05, 4.69) is 20.6 Å². The second kappa shape index (κ2) is 6.49. The Kier molecular flexibility index (Phi) is 4.90. The first-order valence-corrected chi connectivity index (χ1v) is 7.37. The summed E-state index contributed by atoms with van der Waals surface area (Å²) in [6.07, 6.45) is 0.144. The topological polar surface area (TPSA) is 49.8 Å². The first-order chi connectivity index (χ1) is 9.90. The molecule has 0 saturated heterocycles. The summed E-state index contributed by atoms with van der Waals surface area (Å²) in [7, 11) is 0. The summed E-state index contributed by atoms with van der Waals surface area (Å²) in [6, 6.07) is 1.09. The van der Waals surface area contributed by atoms with Crippen molar-refractivity contribution in [2.75, 3.05) is 17.2 Å². The van der Waals surface area contributed by atoms with E-state index in [1.807, 2.05) is 6.92 Å². The van der Waals surface area contributed by atoms with Crippen molar-refractivity contribution in [1.29, 1.82) is 0 Å². The van der Waals surface area contributed by atoms with Crippen LogP contribution in [0.4, 0.5) is 24.9 Å². The van der Waals surface area contributed by atoms with Gasteiger partial charge in [-0.15, -0.1) is 0 Å². The normalized spacial score (nSPS) is 17.8. The maximum atomic E-state index is 12.9. The van der Waals surface area contributed by atoms with Gasteiger partial charge in [-0.05, 0) is 32.6 Å². The molecule has 21 heavy (non-hydrogen) atoms. The van der Waals surface area contributed by atoms with Crippen molar-refractivity contribution in [1.82, 2.24) is 9.97 Å². The van der Waals surface area contributed by atoms with E-state index in [0.717, 1.165) is 18.9 Å². The second-order valence-corrected chi connectivity index (χ2v) is 5.47. The van der Waals surface area contributed by atoms with E-state index >= 15 is 0 Å². The van der Waals surface area contributed by atoms with Gasteiger partial charge in [0.05, 0.1) is 0 Å². The summed E-state index contributed by atoms with van der Waals surface area (Å²) in [4.78, 5) is 7.63. The van der Waals surface area contributed by atoms with Crippen LogP contribution in [-0.2, 0) is 6.18 Å². The molecule has 118 valence electrons. The first kappa shape index (κ1) is 15.9. The number of nitrogens with zero attached hydrogens (tertiary/aromatic N) is 2. The average Bonchev–Trinajstić information content (AvgIpc) is 2.91. The maximum absolute atomic E-state index is 12.9. The molecule has 1 unspecified atom stereocenters. The number of hydrogen-bond donors (Lipinski definition) is 2. The molecule has 2 N–H and O–H groups in total. The molecule has 1 aromatic heterocycles. The van der Waals surface area contributed by atoms with Gasteiger partial charge in [0.15, 0.2) is 5.69 Å². The van der Waals surface area contributed by atoms with Crippen LogP contribution in [0.15, 0.2) is 6.07 Å². The van der Waals surface area contributed by atoms with Crippen LogP contribution in [0.2, 0.25) is 0 Å². The van der Waals surface area contributed by atoms with Crippen molar-refractivity contribution in [2.24, 2.45) is 5.92 Å². The van der Waals surface area contributed by atoms with Crippen LogP contribution in [0.5, 0.6) is 0 Å². The Balaban J connectivity index is 2.18. The van der Waals surface area contributed by atoms with Crippen LogP contribution < -0.4 is 10.6 Å². The van der Waals surface area contributed by atoms with Crippen LogP contribution in [0.3, 0.4) is 0 Å². The molecule has 0 aliphatic heterocycles. The zero-order chi connectivity index (χ0) is 15.5. The van der Waals surface area contributed by atoms with Gasteiger partial charge in [-0.3, -0.25) is 0 Å². The molecule has 1 atom stereocenters. The Morgan fingerprint density at radius 1 is 1.29 bits per heavy atom. The summed E-state index contributed by atoms with van der Waals surface area (Å²) in [5.74, 6) is 0.734. The van der Waals surface area contributed by atoms with E-state index < -0.39 is 11.9 Å². The summed E-state index contributed by atoms with van der Waals surface area (Å²) in [5.41, 5.74) is -0.922. The lowest BCUT2D eigenvalue weighted by atomic mass is 10.00. The number of hydrogen-bond acceptors (Lipinski definition) is 4. The van der Waals surface area contributed by atoms with Gasteiger partial charge >= 0.3 is 6.18 Å². The maximum Gasteiger partial charge on any atom is 0.433 e. The van der Waals surface area contributed by atoms with E-state index in [4.69, 9.17) is 0 Å². The molecule has 1 aromatic rings. The summed E-state index contributed by atoms with van der Waals surface area (Å²) in [6.45, 7) is 4.26. The van der Waals surface area contributed by atoms with Gasteiger partial charge < -0.3 is 10.6 Å². The molecule has 0 amide bonds. The van der Waals surface area contributed by atoms with Crippen molar-refractivity contribution >= 4 is 11.8 Å². The van der Waals surface area contributed by atoms with Crippen LogP contribution in [0.25, 0.3) is 0 Å². The van der Waals surface area contributed by atoms with E-state index in [-0.39, 0.29) is 17.8 Å². The van der Waals surface area contributed by atoms with Crippen molar-refractivity contribution in [3.63, 3.8) is 0 Å². The van der Waals surface area contributed by atoms with Gasteiger partial charge in [-0.2, -0.15) is 18.2 Å². The number of alkyl halides is 3. The minimum atomic E-state index is -4.47. The van der Waals surface area contributed by atoms with E-state index in [1.54, 1.807) is 6.92 Å². The highest BCUT2D eigenvalue weighted by molar-refractivity contribution is 5.43. The fraction of sp³-hybridized carbons (Fsp3) is 0.714. The van der Waals surface area contributed by atoms with Crippen LogP contribution in [-0.4, -0.2) is 22.6 Å². The Bertz CT molecular complexity index is 470. The Morgan fingerprint density at radius 2 is 1.95 bits per heavy atom. The standard InChI is InChI=1S/C14H21F3N4/c1-3-18-13-20-11(14(15,16)17)8-12(21-13)19-9(2)10-6-4-5-7-10/h8-10H,3-7H2,1-2H3,(H2,18,19,20,21). The summed E-state index contributed by atoms with van der Waals surface area (Å²) >= 11 is 0.